The first-order valence-electron chi connectivity index (χ1n) is 10.1. The highest BCUT2D eigenvalue weighted by Crippen LogP contribution is 2.24. The number of nitrogens with zero attached hydrogens (tertiary/aromatic N) is 1. The minimum Gasteiger partial charge on any atom is -0.378 e. The van der Waals surface area contributed by atoms with E-state index in [4.69, 9.17) is 0 Å². The molecule has 1 atom stereocenters. The van der Waals surface area contributed by atoms with Crippen LogP contribution in [0.15, 0.2) is 54.6 Å². The second kappa shape index (κ2) is 10.1. The summed E-state index contributed by atoms with van der Waals surface area (Å²) >= 11 is 0. The van der Waals surface area contributed by atoms with Crippen molar-refractivity contribution >= 4 is 11.6 Å². The van der Waals surface area contributed by atoms with Crippen molar-refractivity contribution in [1.82, 2.24) is 10.2 Å². The molecular formula is C23H31N3O. The number of carbonyl (C=O) groups is 1. The molecular weight excluding hydrogens is 334 g/mol. The summed E-state index contributed by atoms with van der Waals surface area (Å²) in [7, 11) is 0. The Bertz CT molecular complexity index is 711. The summed E-state index contributed by atoms with van der Waals surface area (Å²) < 4.78 is 0. The smallest absolute Gasteiger partial charge is 0.234 e. The second-order valence-corrected chi connectivity index (χ2v) is 7.40. The van der Waals surface area contributed by atoms with E-state index in [0.29, 0.717) is 13.1 Å². The number of carbonyl (C=O) groups excluding carboxylic acids is 1. The lowest BCUT2D eigenvalue weighted by atomic mass is 10.0. The Balaban J connectivity index is 1.55. The molecule has 27 heavy (non-hydrogen) atoms. The van der Waals surface area contributed by atoms with Crippen LogP contribution in [-0.2, 0) is 4.79 Å². The van der Waals surface area contributed by atoms with E-state index in [9.17, 15) is 4.79 Å². The van der Waals surface area contributed by atoms with Gasteiger partial charge in [0.1, 0.15) is 0 Å². The molecule has 0 spiro atoms. The molecule has 4 heteroatoms. The van der Waals surface area contributed by atoms with Crippen molar-refractivity contribution in [3.63, 3.8) is 0 Å². The molecule has 1 amide bonds. The van der Waals surface area contributed by atoms with Crippen LogP contribution < -0.4 is 10.6 Å². The van der Waals surface area contributed by atoms with Crippen LogP contribution >= 0.6 is 0 Å². The number of hydrogen-bond acceptors (Lipinski definition) is 3. The summed E-state index contributed by atoms with van der Waals surface area (Å²) in [6.07, 6.45) is 4.57. The van der Waals surface area contributed by atoms with Crippen LogP contribution in [0.2, 0.25) is 0 Å². The van der Waals surface area contributed by atoms with E-state index in [-0.39, 0.29) is 11.9 Å². The topological polar surface area (TPSA) is 44.4 Å². The predicted molar refractivity (Wildman–Crippen MR) is 112 cm³/mol. The van der Waals surface area contributed by atoms with Crippen LogP contribution in [0.25, 0.3) is 0 Å². The maximum Gasteiger partial charge on any atom is 0.234 e. The van der Waals surface area contributed by atoms with Crippen molar-refractivity contribution in [2.45, 2.75) is 38.6 Å². The van der Waals surface area contributed by atoms with Crippen molar-refractivity contribution in [3.05, 3.63) is 65.7 Å². The fraction of sp³-hybridized carbons (Fsp3) is 0.435. The first-order valence-corrected chi connectivity index (χ1v) is 10.1. The van der Waals surface area contributed by atoms with E-state index >= 15 is 0 Å². The van der Waals surface area contributed by atoms with Crippen molar-refractivity contribution in [2.75, 3.05) is 31.5 Å². The van der Waals surface area contributed by atoms with E-state index < -0.39 is 0 Å². The van der Waals surface area contributed by atoms with Gasteiger partial charge in [-0.15, -0.1) is 0 Å². The largest absolute Gasteiger partial charge is 0.378 e. The van der Waals surface area contributed by atoms with Crippen LogP contribution in [0.5, 0.6) is 0 Å². The molecule has 1 unspecified atom stereocenters. The molecule has 2 aromatic rings. The van der Waals surface area contributed by atoms with E-state index in [0.717, 1.165) is 25.2 Å². The van der Waals surface area contributed by atoms with Crippen molar-refractivity contribution < 1.29 is 4.79 Å². The highest BCUT2D eigenvalue weighted by atomic mass is 16.2. The molecule has 1 aliphatic heterocycles. The predicted octanol–water partition coefficient (Wildman–Crippen LogP) is 4.14. The average Bonchev–Trinajstić information content (AvgIpc) is 2.70. The van der Waals surface area contributed by atoms with Gasteiger partial charge in [-0.25, -0.2) is 0 Å². The molecule has 1 aliphatic rings. The Morgan fingerprint density at radius 1 is 1.00 bits per heavy atom. The highest BCUT2D eigenvalue weighted by molar-refractivity contribution is 5.78. The summed E-state index contributed by atoms with van der Waals surface area (Å²) in [5, 5.41) is 6.77. The molecule has 1 heterocycles. The molecule has 2 N–H and O–H groups in total. The summed E-state index contributed by atoms with van der Waals surface area (Å²) in [5.41, 5.74) is 3.62. The number of rotatable bonds is 8. The molecule has 0 aliphatic carbocycles. The van der Waals surface area contributed by atoms with Gasteiger partial charge in [0.2, 0.25) is 5.91 Å². The minimum absolute atomic E-state index is 0.139. The number of nitrogens with one attached hydrogen (secondary N) is 2. The Hall–Kier alpha value is -2.33. The number of anilines is 1. The first-order chi connectivity index (χ1) is 13.2. The number of para-hydroxylation sites is 1. The first kappa shape index (κ1) is 19.4. The van der Waals surface area contributed by atoms with Crippen molar-refractivity contribution in [2.24, 2.45) is 0 Å². The molecule has 0 bridgehead atoms. The van der Waals surface area contributed by atoms with E-state index in [2.05, 4.69) is 71.0 Å². The zero-order valence-electron chi connectivity index (χ0n) is 16.3. The zero-order valence-corrected chi connectivity index (χ0v) is 16.3. The SMILES string of the molecule is Cc1ccccc1NC(CCNC(=O)CN1CCCCC1)c1ccccc1. The molecule has 2 aromatic carbocycles. The van der Waals surface area contributed by atoms with E-state index in [1.165, 1.54) is 30.4 Å². The maximum atomic E-state index is 12.3. The van der Waals surface area contributed by atoms with Gasteiger partial charge in [0, 0.05) is 12.2 Å². The number of likely N-dealkylation sites (tertiary alicyclic amines) is 1. The van der Waals surface area contributed by atoms with Crippen LogP contribution in [0.4, 0.5) is 5.69 Å². The molecule has 3 rings (SSSR count). The standard InChI is InChI=1S/C23H31N3O/c1-19-10-6-7-13-21(19)25-22(20-11-4-2-5-12-20)14-15-24-23(27)18-26-16-8-3-9-17-26/h2,4-7,10-13,22,25H,3,8-9,14-18H2,1H3,(H,24,27). The number of benzene rings is 2. The van der Waals surface area contributed by atoms with Gasteiger partial charge in [-0.2, -0.15) is 0 Å². The lowest BCUT2D eigenvalue weighted by molar-refractivity contribution is -0.122. The fourth-order valence-corrected chi connectivity index (χ4v) is 3.66. The highest BCUT2D eigenvalue weighted by Gasteiger charge is 2.15. The van der Waals surface area contributed by atoms with Gasteiger partial charge in [0.25, 0.3) is 0 Å². The van der Waals surface area contributed by atoms with Crippen LogP contribution in [0.1, 0.15) is 42.9 Å². The molecule has 1 fully saturated rings. The van der Waals surface area contributed by atoms with Gasteiger partial charge in [-0.1, -0.05) is 55.0 Å². The lowest BCUT2D eigenvalue weighted by Crippen LogP contribution is -2.40. The Morgan fingerprint density at radius 3 is 2.44 bits per heavy atom. The number of hydrogen-bond donors (Lipinski definition) is 2. The zero-order chi connectivity index (χ0) is 18.9. The molecule has 4 nitrogen and oxygen atoms in total. The Kier molecular flexibility index (Phi) is 7.28. The quantitative estimate of drug-likeness (QED) is 0.739. The van der Waals surface area contributed by atoms with Gasteiger partial charge < -0.3 is 10.6 Å². The van der Waals surface area contributed by atoms with Gasteiger partial charge in [0.15, 0.2) is 0 Å². The van der Waals surface area contributed by atoms with Crippen molar-refractivity contribution in [3.8, 4) is 0 Å². The van der Waals surface area contributed by atoms with Crippen LogP contribution in [0, 0.1) is 6.92 Å². The molecule has 1 saturated heterocycles. The number of amides is 1. The van der Waals surface area contributed by atoms with Crippen molar-refractivity contribution in [1.29, 1.82) is 0 Å². The average molecular weight is 366 g/mol. The van der Waals surface area contributed by atoms with Crippen LogP contribution in [0.3, 0.4) is 0 Å². The fourth-order valence-electron chi connectivity index (χ4n) is 3.66. The van der Waals surface area contributed by atoms with Gasteiger partial charge in [-0.05, 0) is 56.5 Å². The molecule has 0 aromatic heterocycles. The molecule has 144 valence electrons. The van der Waals surface area contributed by atoms with Gasteiger partial charge in [-0.3, -0.25) is 9.69 Å². The van der Waals surface area contributed by atoms with Gasteiger partial charge in [0.05, 0.1) is 12.6 Å². The molecule has 0 radical (unpaired) electrons. The number of piperidine rings is 1. The lowest BCUT2D eigenvalue weighted by Gasteiger charge is -2.26. The maximum absolute atomic E-state index is 12.3. The normalized spacial score (nSPS) is 15.9. The van der Waals surface area contributed by atoms with E-state index in [1.54, 1.807) is 0 Å². The summed E-state index contributed by atoms with van der Waals surface area (Å²) in [4.78, 5) is 14.5. The second-order valence-electron chi connectivity index (χ2n) is 7.40. The Labute approximate surface area is 163 Å². The third-order valence-corrected chi connectivity index (χ3v) is 5.25. The van der Waals surface area contributed by atoms with Crippen LogP contribution in [-0.4, -0.2) is 37.0 Å². The van der Waals surface area contributed by atoms with E-state index in [1.807, 2.05) is 6.07 Å². The Morgan fingerprint density at radius 2 is 1.70 bits per heavy atom. The number of aryl methyl sites for hydroxylation is 1. The molecule has 0 saturated carbocycles. The summed E-state index contributed by atoms with van der Waals surface area (Å²) in [5.74, 6) is 0.139. The third-order valence-electron chi connectivity index (χ3n) is 5.25. The monoisotopic (exact) mass is 365 g/mol. The summed E-state index contributed by atoms with van der Waals surface area (Å²) in [6.45, 7) is 5.42. The third kappa shape index (κ3) is 6.10. The minimum atomic E-state index is 0.139. The summed E-state index contributed by atoms with van der Waals surface area (Å²) in [6, 6.07) is 19.0. The van der Waals surface area contributed by atoms with Gasteiger partial charge >= 0.3 is 0 Å².